The molecular formula is C14H12N4OS. The summed E-state index contributed by atoms with van der Waals surface area (Å²) in [6.07, 6.45) is 3.34. The second-order valence-electron chi connectivity index (χ2n) is 4.29. The zero-order valence-corrected chi connectivity index (χ0v) is 11.6. The number of methoxy groups -OCH3 is 1. The lowest BCUT2D eigenvalue weighted by atomic mass is 10.2. The van der Waals surface area contributed by atoms with Crippen molar-refractivity contribution in [2.75, 3.05) is 7.11 Å². The van der Waals surface area contributed by atoms with Crippen LogP contribution in [-0.4, -0.2) is 27.0 Å². The number of aromatic amines is 1. The molecule has 100 valence electrons. The summed E-state index contributed by atoms with van der Waals surface area (Å²) < 4.78 is 5.65. The fourth-order valence-corrected chi connectivity index (χ4v) is 2.22. The monoisotopic (exact) mass is 284 g/mol. The summed E-state index contributed by atoms with van der Waals surface area (Å²) in [5, 5.41) is 0. The number of hydrogen-bond acceptors (Lipinski definition) is 5. The number of H-pyrrole nitrogens is 1. The van der Waals surface area contributed by atoms with Crippen LogP contribution in [0.2, 0.25) is 0 Å². The van der Waals surface area contributed by atoms with Crippen molar-refractivity contribution in [3.8, 4) is 11.4 Å². The Kier molecular flexibility index (Phi) is 3.49. The van der Waals surface area contributed by atoms with E-state index in [1.165, 1.54) is 0 Å². The highest BCUT2D eigenvalue weighted by Gasteiger charge is 2.04. The van der Waals surface area contributed by atoms with Gasteiger partial charge in [0.25, 0.3) is 0 Å². The fourth-order valence-electron chi connectivity index (χ4n) is 1.99. The molecule has 6 heteroatoms. The molecule has 0 aliphatic carbocycles. The van der Waals surface area contributed by atoms with Crippen LogP contribution in [0.4, 0.5) is 0 Å². The van der Waals surface area contributed by atoms with Crippen molar-refractivity contribution in [1.82, 2.24) is 19.9 Å². The van der Waals surface area contributed by atoms with Gasteiger partial charge in [-0.15, -0.1) is 0 Å². The largest absolute Gasteiger partial charge is 0.378 e. The molecule has 2 heterocycles. The summed E-state index contributed by atoms with van der Waals surface area (Å²) in [5.74, 6) is 0.706. The Balaban J connectivity index is 2.12. The van der Waals surface area contributed by atoms with Gasteiger partial charge in [-0.25, -0.2) is 4.98 Å². The van der Waals surface area contributed by atoms with Gasteiger partial charge in [0.05, 0.1) is 17.6 Å². The molecule has 0 spiro atoms. The fraction of sp³-hybridized carbons (Fsp3) is 0.143. The number of fused-ring (bicyclic) bond motifs is 1. The molecule has 0 radical (unpaired) electrons. The van der Waals surface area contributed by atoms with E-state index in [9.17, 15) is 0 Å². The summed E-state index contributed by atoms with van der Waals surface area (Å²) >= 11 is 5.18. The number of benzene rings is 1. The van der Waals surface area contributed by atoms with Crippen molar-refractivity contribution in [3.05, 3.63) is 47.0 Å². The van der Waals surface area contributed by atoms with E-state index in [0.717, 1.165) is 22.3 Å². The van der Waals surface area contributed by atoms with E-state index in [4.69, 9.17) is 17.0 Å². The summed E-state index contributed by atoms with van der Waals surface area (Å²) in [7, 11) is 1.64. The van der Waals surface area contributed by atoms with Crippen molar-refractivity contribution >= 4 is 23.3 Å². The van der Waals surface area contributed by atoms with Crippen molar-refractivity contribution in [3.63, 3.8) is 0 Å². The summed E-state index contributed by atoms with van der Waals surface area (Å²) in [6, 6.07) is 7.59. The molecule has 0 aliphatic rings. The smallest absolute Gasteiger partial charge is 0.139 e. The lowest BCUT2D eigenvalue weighted by Gasteiger charge is -2.06. The van der Waals surface area contributed by atoms with Crippen LogP contribution < -0.4 is 0 Å². The Morgan fingerprint density at radius 3 is 2.75 bits per heavy atom. The molecule has 20 heavy (non-hydrogen) atoms. The SMILES string of the molecule is COCc1cc(=S)nc(-c2ccc3nccnc3c2)[nH]1. The molecule has 0 atom stereocenters. The molecule has 5 nitrogen and oxygen atoms in total. The van der Waals surface area contributed by atoms with E-state index in [2.05, 4.69) is 19.9 Å². The third-order valence-corrected chi connectivity index (χ3v) is 3.05. The maximum atomic E-state index is 5.18. The van der Waals surface area contributed by atoms with Crippen LogP contribution in [0, 0.1) is 4.64 Å². The summed E-state index contributed by atoms with van der Waals surface area (Å²) in [5.41, 5.74) is 3.48. The molecule has 0 aliphatic heterocycles. The van der Waals surface area contributed by atoms with Crippen LogP contribution in [0.15, 0.2) is 36.7 Å². The maximum Gasteiger partial charge on any atom is 0.139 e. The first-order valence-electron chi connectivity index (χ1n) is 6.06. The molecule has 0 amide bonds. The lowest BCUT2D eigenvalue weighted by molar-refractivity contribution is 0.181. The van der Waals surface area contributed by atoms with Crippen molar-refractivity contribution in [2.45, 2.75) is 6.61 Å². The molecular weight excluding hydrogens is 272 g/mol. The van der Waals surface area contributed by atoms with Crippen LogP contribution in [0.5, 0.6) is 0 Å². The van der Waals surface area contributed by atoms with E-state index in [1.807, 2.05) is 18.2 Å². The zero-order valence-electron chi connectivity index (χ0n) is 10.8. The van der Waals surface area contributed by atoms with E-state index in [-0.39, 0.29) is 0 Å². The Bertz CT molecular complexity index is 815. The van der Waals surface area contributed by atoms with Crippen molar-refractivity contribution in [1.29, 1.82) is 0 Å². The van der Waals surface area contributed by atoms with Crippen LogP contribution in [-0.2, 0) is 11.3 Å². The quantitative estimate of drug-likeness (QED) is 0.749. The normalized spacial score (nSPS) is 10.8. The number of nitrogens with one attached hydrogen (secondary N) is 1. The van der Waals surface area contributed by atoms with Crippen molar-refractivity contribution in [2.24, 2.45) is 0 Å². The molecule has 3 aromatic rings. The van der Waals surface area contributed by atoms with Gasteiger partial charge >= 0.3 is 0 Å². The van der Waals surface area contributed by atoms with Crippen LogP contribution in [0.3, 0.4) is 0 Å². The van der Waals surface area contributed by atoms with Gasteiger partial charge in [0, 0.05) is 30.8 Å². The Morgan fingerprint density at radius 2 is 1.95 bits per heavy atom. The molecule has 0 fully saturated rings. The highest BCUT2D eigenvalue weighted by Crippen LogP contribution is 2.19. The number of ether oxygens (including phenoxy) is 1. The third-order valence-electron chi connectivity index (χ3n) is 2.84. The van der Waals surface area contributed by atoms with Gasteiger partial charge in [-0.2, -0.15) is 0 Å². The van der Waals surface area contributed by atoms with Gasteiger partial charge in [0.1, 0.15) is 10.5 Å². The first-order valence-corrected chi connectivity index (χ1v) is 6.47. The number of hydrogen-bond donors (Lipinski definition) is 1. The van der Waals surface area contributed by atoms with Crippen LogP contribution in [0.1, 0.15) is 5.69 Å². The number of nitrogens with zero attached hydrogens (tertiary/aromatic N) is 3. The first kappa shape index (κ1) is 12.8. The average molecular weight is 284 g/mol. The van der Waals surface area contributed by atoms with E-state index in [1.54, 1.807) is 25.6 Å². The second-order valence-corrected chi connectivity index (χ2v) is 4.70. The highest BCUT2D eigenvalue weighted by molar-refractivity contribution is 7.71. The zero-order chi connectivity index (χ0) is 13.9. The summed E-state index contributed by atoms with van der Waals surface area (Å²) in [4.78, 5) is 16.1. The van der Waals surface area contributed by atoms with E-state index < -0.39 is 0 Å². The van der Waals surface area contributed by atoms with Gasteiger partial charge in [-0.05, 0) is 24.3 Å². The molecule has 0 unspecified atom stereocenters. The Labute approximate surface area is 120 Å². The average Bonchev–Trinajstić information content (AvgIpc) is 2.46. The second kappa shape index (κ2) is 5.44. The minimum absolute atomic E-state index is 0.465. The van der Waals surface area contributed by atoms with Gasteiger partial charge in [0.2, 0.25) is 0 Å². The van der Waals surface area contributed by atoms with Crippen molar-refractivity contribution < 1.29 is 4.74 Å². The molecule has 0 bridgehead atoms. The van der Waals surface area contributed by atoms with Crippen LogP contribution >= 0.6 is 12.2 Å². The molecule has 3 rings (SSSR count). The van der Waals surface area contributed by atoms with Gasteiger partial charge in [-0.1, -0.05) is 12.2 Å². The third kappa shape index (κ3) is 2.56. The molecule has 0 saturated heterocycles. The number of rotatable bonds is 3. The van der Waals surface area contributed by atoms with E-state index >= 15 is 0 Å². The van der Waals surface area contributed by atoms with Gasteiger partial charge < -0.3 is 9.72 Å². The highest BCUT2D eigenvalue weighted by atomic mass is 32.1. The lowest BCUT2D eigenvalue weighted by Crippen LogP contribution is -1.97. The number of aromatic nitrogens is 4. The predicted molar refractivity (Wildman–Crippen MR) is 78.7 cm³/mol. The summed E-state index contributed by atoms with van der Waals surface area (Å²) in [6.45, 7) is 0.465. The molecule has 2 aromatic heterocycles. The van der Waals surface area contributed by atoms with Crippen LogP contribution in [0.25, 0.3) is 22.4 Å². The van der Waals surface area contributed by atoms with Gasteiger partial charge in [0.15, 0.2) is 0 Å². The Morgan fingerprint density at radius 1 is 1.15 bits per heavy atom. The minimum atomic E-state index is 0.465. The molecule has 0 saturated carbocycles. The standard InChI is InChI=1S/C14H12N4OS/c1-19-8-10-7-13(20)18-14(17-10)9-2-3-11-12(6-9)16-5-4-15-11/h2-7H,8H2,1H3,(H,17,18,20). The first-order chi connectivity index (χ1) is 9.76. The van der Waals surface area contributed by atoms with E-state index in [0.29, 0.717) is 17.1 Å². The van der Waals surface area contributed by atoms with Gasteiger partial charge in [-0.3, -0.25) is 9.97 Å². The molecule has 1 aromatic carbocycles. The predicted octanol–water partition coefficient (Wildman–Crippen LogP) is 2.90. The Hall–Kier alpha value is -2.18. The minimum Gasteiger partial charge on any atom is -0.378 e. The molecule has 1 N–H and O–H groups in total. The topological polar surface area (TPSA) is 63.7 Å². The maximum absolute atomic E-state index is 5.18.